The lowest BCUT2D eigenvalue weighted by atomic mass is 10.1. The summed E-state index contributed by atoms with van der Waals surface area (Å²) in [6.07, 6.45) is 2.37. The minimum Gasteiger partial charge on any atom is -0.375 e. The fraction of sp³-hybridized carbons (Fsp3) is 0.611. The van der Waals surface area contributed by atoms with Gasteiger partial charge in [0.05, 0.1) is 18.4 Å². The van der Waals surface area contributed by atoms with E-state index in [0.717, 1.165) is 30.3 Å². The molecule has 6 heteroatoms. The number of rotatable bonds is 4. The van der Waals surface area contributed by atoms with E-state index in [9.17, 15) is 0 Å². The largest absolute Gasteiger partial charge is 0.375 e. The highest BCUT2D eigenvalue weighted by atomic mass is 16.5. The lowest BCUT2D eigenvalue weighted by Crippen LogP contribution is -2.44. The van der Waals surface area contributed by atoms with Gasteiger partial charge >= 0.3 is 0 Å². The van der Waals surface area contributed by atoms with Crippen LogP contribution in [0.25, 0.3) is 0 Å². The SMILES string of the molecule is Cc1cc(C)nc(CN2CCO[C@H](C)[C@H]2c2nc(C3CC3)no2)c1. The Kier molecular flexibility index (Phi) is 4.10. The van der Waals surface area contributed by atoms with Crippen molar-refractivity contribution in [2.45, 2.75) is 58.2 Å². The molecule has 2 aromatic rings. The van der Waals surface area contributed by atoms with Crippen molar-refractivity contribution in [3.63, 3.8) is 0 Å². The first-order valence-electron chi connectivity index (χ1n) is 8.73. The quantitative estimate of drug-likeness (QED) is 0.860. The standard InChI is InChI=1S/C18H24N4O2/c1-11-8-12(2)19-15(9-11)10-22-6-7-23-13(3)16(22)18-20-17(21-24-18)14-4-5-14/h8-9,13-14,16H,4-7,10H2,1-3H3/t13-,16+/m1/s1. The summed E-state index contributed by atoms with van der Waals surface area (Å²) in [6, 6.07) is 4.23. The Hall–Kier alpha value is -1.79. The minimum absolute atomic E-state index is 0.0126. The first-order chi connectivity index (χ1) is 11.6. The fourth-order valence-electron chi connectivity index (χ4n) is 3.51. The summed E-state index contributed by atoms with van der Waals surface area (Å²) in [6.45, 7) is 8.54. The molecule has 0 aromatic carbocycles. The van der Waals surface area contributed by atoms with Crippen molar-refractivity contribution < 1.29 is 9.26 Å². The molecule has 2 fully saturated rings. The molecule has 1 aliphatic heterocycles. The third-order valence-corrected chi connectivity index (χ3v) is 4.77. The Bertz CT molecular complexity index is 705. The van der Waals surface area contributed by atoms with Gasteiger partial charge in [0.1, 0.15) is 6.04 Å². The summed E-state index contributed by atoms with van der Waals surface area (Å²) >= 11 is 0. The van der Waals surface area contributed by atoms with E-state index in [-0.39, 0.29) is 12.1 Å². The maximum Gasteiger partial charge on any atom is 0.246 e. The molecule has 6 nitrogen and oxygen atoms in total. The molecular weight excluding hydrogens is 304 g/mol. The van der Waals surface area contributed by atoms with Gasteiger partial charge in [0.25, 0.3) is 0 Å². The van der Waals surface area contributed by atoms with Crippen LogP contribution >= 0.6 is 0 Å². The zero-order valence-electron chi connectivity index (χ0n) is 14.5. The minimum atomic E-state index is -0.0126. The van der Waals surface area contributed by atoms with Crippen LogP contribution in [0.5, 0.6) is 0 Å². The molecule has 2 aliphatic rings. The molecule has 0 radical (unpaired) electrons. The van der Waals surface area contributed by atoms with Gasteiger partial charge < -0.3 is 9.26 Å². The zero-order valence-corrected chi connectivity index (χ0v) is 14.5. The summed E-state index contributed by atoms with van der Waals surface area (Å²) < 4.78 is 11.4. The van der Waals surface area contributed by atoms with E-state index in [4.69, 9.17) is 9.26 Å². The smallest absolute Gasteiger partial charge is 0.246 e. The number of aryl methyl sites for hydroxylation is 2. The molecule has 1 saturated heterocycles. The average molecular weight is 328 g/mol. The molecule has 4 rings (SSSR count). The first-order valence-corrected chi connectivity index (χ1v) is 8.73. The van der Waals surface area contributed by atoms with Gasteiger partial charge in [-0.3, -0.25) is 9.88 Å². The second kappa shape index (κ2) is 6.26. The van der Waals surface area contributed by atoms with Crippen molar-refractivity contribution in [3.05, 3.63) is 40.8 Å². The van der Waals surface area contributed by atoms with E-state index in [0.29, 0.717) is 18.4 Å². The zero-order chi connectivity index (χ0) is 16.7. The van der Waals surface area contributed by atoms with Crippen molar-refractivity contribution in [2.75, 3.05) is 13.2 Å². The summed E-state index contributed by atoms with van der Waals surface area (Å²) in [5.41, 5.74) is 3.37. The number of hydrogen-bond acceptors (Lipinski definition) is 6. The maximum atomic E-state index is 5.86. The average Bonchev–Trinajstić information content (AvgIpc) is 3.25. The van der Waals surface area contributed by atoms with Crippen LogP contribution in [-0.4, -0.2) is 39.3 Å². The molecule has 2 atom stereocenters. The Labute approximate surface area is 142 Å². The van der Waals surface area contributed by atoms with E-state index in [1.165, 1.54) is 18.4 Å². The molecule has 1 aliphatic carbocycles. The van der Waals surface area contributed by atoms with Gasteiger partial charge in [0, 0.05) is 24.7 Å². The highest BCUT2D eigenvalue weighted by molar-refractivity contribution is 5.19. The van der Waals surface area contributed by atoms with Gasteiger partial charge in [0.2, 0.25) is 5.89 Å². The van der Waals surface area contributed by atoms with Crippen LogP contribution in [-0.2, 0) is 11.3 Å². The molecule has 3 heterocycles. The maximum absolute atomic E-state index is 5.86. The molecular formula is C18H24N4O2. The van der Waals surface area contributed by atoms with Crippen LogP contribution in [0.4, 0.5) is 0 Å². The van der Waals surface area contributed by atoms with Crippen molar-refractivity contribution in [1.29, 1.82) is 0 Å². The van der Waals surface area contributed by atoms with E-state index in [1.54, 1.807) is 0 Å². The first kappa shape index (κ1) is 15.7. The Balaban J connectivity index is 1.58. The van der Waals surface area contributed by atoms with E-state index < -0.39 is 0 Å². The Morgan fingerprint density at radius 3 is 2.79 bits per heavy atom. The molecule has 24 heavy (non-hydrogen) atoms. The van der Waals surface area contributed by atoms with Crippen LogP contribution in [0.1, 0.15) is 60.4 Å². The van der Waals surface area contributed by atoms with Crippen LogP contribution in [0.3, 0.4) is 0 Å². The third kappa shape index (κ3) is 3.21. The lowest BCUT2D eigenvalue weighted by Gasteiger charge is -2.37. The van der Waals surface area contributed by atoms with Gasteiger partial charge in [0.15, 0.2) is 5.82 Å². The Morgan fingerprint density at radius 2 is 2.04 bits per heavy atom. The van der Waals surface area contributed by atoms with E-state index in [1.807, 2.05) is 6.92 Å². The summed E-state index contributed by atoms with van der Waals surface area (Å²) in [5, 5.41) is 4.17. The number of ether oxygens (including phenoxy) is 1. The van der Waals surface area contributed by atoms with E-state index >= 15 is 0 Å². The van der Waals surface area contributed by atoms with Crippen LogP contribution in [0.15, 0.2) is 16.7 Å². The second-order valence-electron chi connectivity index (χ2n) is 7.03. The second-order valence-corrected chi connectivity index (χ2v) is 7.03. The van der Waals surface area contributed by atoms with Crippen LogP contribution < -0.4 is 0 Å². The Morgan fingerprint density at radius 1 is 1.21 bits per heavy atom. The molecule has 0 amide bonds. The number of morpholine rings is 1. The van der Waals surface area contributed by atoms with Gasteiger partial charge in [-0.15, -0.1) is 0 Å². The lowest BCUT2D eigenvalue weighted by molar-refractivity contribution is -0.0767. The van der Waals surface area contributed by atoms with Crippen molar-refractivity contribution in [2.24, 2.45) is 0 Å². The molecule has 1 saturated carbocycles. The van der Waals surface area contributed by atoms with Crippen molar-refractivity contribution >= 4 is 0 Å². The molecule has 0 spiro atoms. The molecule has 0 bridgehead atoms. The van der Waals surface area contributed by atoms with Gasteiger partial charge in [-0.1, -0.05) is 5.16 Å². The highest BCUT2D eigenvalue weighted by Gasteiger charge is 2.37. The van der Waals surface area contributed by atoms with Gasteiger partial charge in [-0.05, 0) is 51.3 Å². The predicted molar refractivity (Wildman–Crippen MR) is 88.5 cm³/mol. The number of aromatic nitrogens is 3. The summed E-state index contributed by atoms with van der Waals surface area (Å²) in [7, 11) is 0. The molecule has 0 unspecified atom stereocenters. The molecule has 0 N–H and O–H groups in total. The van der Waals surface area contributed by atoms with Crippen LogP contribution in [0, 0.1) is 13.8 Å². The van der Waals surface area contributed by atoms with E-state index in [2.05, 4.69) is 46.0 Å². The normalized spacial score (nSPS) is 25.1. The number of nitrogens with zero attached hydrogens (tertiary/aromatic N) is 4. The van der Waals surface area contributed by atoms with Crippen molar-refractivity contribution in [3.8, 4) is 0 Å². The van der Waals surface area contributed by atoms with Gasteiger partial charge in [-0.2, -0.15) is 4.98 Å². The van der Waals surface area contributed by atoms with Crippen molar-refractivity contribution in [1.82, 2.24) is 20.0 Å². The predicted octanol–water partition coefficient (Wildman–Crippen LogP) is 2.92. The van der Waals surface area contributed by atoms with Gasteiger partial charge in [-0.25, -0.2) is 0 Å². The monoisotopic (exact) mass is 328 g/mol. The summed E-state index contributed by atoms with van der Waals surface area (Å²) in [4.78, 5) is 11.7. The number of hydrogen-bond donors (Lipinski definition) is 0. The highest BCUT2D eigenvalue weighted by Crippen LogP contribution is 2.39. The molecule has 2 aromatic heterocycles. The third-order valence-electron chi connectivity index (χ3n) is 4.77. The number of pyridine rings is 1. The summed E-state index contributed by atoms with van der Waals surface area (Å²) in [5.74, 6) is 2.03. The van der Waals surface area contributed by atoms with Crippen LogP contribution in [0.2, 0.25) is 0 Å². The molecule has 128 valence electrons. The fourth-order valence-corrected chi connectivity index (χ4v) is 3.51. The topological polar surface area (TPSA) is 64.3 Å².